The van der Waals surface area contributed by atoms with Gasteiger partial charge in [0, 0.05) is 10.8 Å². The third kappa shape index (κ3) is 11.2. The summed E-state index contributed by atoms with van der Waals surface area (Å²) < 4.78 is 0. The van der Waals surface area contributed by atoms with Gasteiger partial charge in [-0.3, -0.25) is 5.41 Å². The maximum absolute atomic E-state index is 8.83. The van der Waals surface area contributed by atoms with Gasteiger partial charge in [0.1, 0.15) is 0 Å². The molecule has 0 aliphatic heterocycles. The van der Waals surface area contributed by atoms with Crippen LogP contribution in [-0.2, 0) is 10.8 Å². The molecule has 2 rings (SSSR count). The molecule has 208 valence electrons. The van der Waals surface area contributed by atoms with Crippen LogP contribution in [0.3, 0.4) is 0 Å². The third-order valence-corrected chi connectivity index (χ3v) is 8.61. The molecule has 1 aromatic carbocycles. The van der Waals surface area contributed by atoms with Gasteiger partial charge in [0.05, 0.1) is 5.04 Å². The molecule has 0 saturated heterocycles. The number of rotatable bonds is 13. The maximum atomic E-state index is 8.83. The molecule has 0 fully saturated rings. The van der Waals surface area contributed by atoms with Crippen molar-refractivity contribution in [1.29, 1.82) is 5.41 Å². The fraction of sp³-hybridized carbons (Fsp3) is 0.735. The highest BCUT2D eigenvalue weighted by molar-refractivity contribution is 8.21. The maximum Gasteiger partial charge on any atom is 0.0720 e. The van der Waals surface area contributed by atoms with Crippen molar-refractivity contribution in [2.24, 2.45) is 5.92 Å². The van der Waals surface area contributed by atoms with Crippen molar-refractivity contribution in [1.82, 2.24) is 0 Å². The van der Waals surface area contributed by atoms with Gasteiger partial charge in [-0.1, -0.05) is 151 Å². The second kappa shape index (κ2) is 18.3. The zero-order chi connectivity index (χ0) is 27.8. The second-order valence-electron chi connectivity index (χ2n) is 11.3. The summed E-state index contributed by atoms with van der Waals surface area (Å²) in [5, 5.41) is 9.65. The fourth-order valence-electron chi connectivity index (χ4n) is 5.14. The normalized spacial score (nSPS) is 15.9. The van der Waals surface area contributed by atoms with Crippen LogP contribution in [0.1, 0.15) is 163 Å². The lowest BCUT2D eigenvalue weighted by atomic mass is 9.63. The van der Waals surface area contributed by atoms with Crippen molar-refractivity contribution in [3.8, 4) is 0 Å². The SMILES string of the molecule is C=C(SC(=N)C(CCC)CCCCCCCCC)c1ccc2c(c1)C(C)(C)CCC2(C)C.CC.CC. The van der Waals surface area contributed by atoms with Gasteiger partial charge in [0.15, 0.2) is 0 Å². The third-order valence-electron chi connectivity index (χ3n) is 7.57. The summed E-state index contributed by atoms with van der Waals surface area (Å²) in [4.78, 5) is 1.04. The highest BCUT2D eigenvalue weighted by atomic mass is 32.2. The Labute approximate surface area is 231 Å². The van der Waals surface area contributed by atoms with Crippen LogP contribution in [0.4, 0.5) is 0 Å². The van der Waals surface area contributed by atoms with Crippen LogP contribution in [0.25, 0.3) is 4.91 Å². The van der Waals surface area contributed by atoms with Crippen LogP contribution in [0, 0.1) is 11.3 Å². The highest BCUT2D eigenvalue weighted by Gasteiger charge is 2.37. The van der Waals surface area contributed by atoms with Crippen molar-refractivity contribution in [3.05, 3.63) is 41.5 Å². The molecule has 1 atom stereocenters. The van der Waals surface area contributed by atoms with Gasteiger partial charge in [-0.15, -0.1) is 0 Å². The topological polar surface area (TPSA) is 23.9 Å². The summed E-state index contributed by atoms with van der Waals surface area (Å²) >= 11 is 1.62. The smallest absolute Gasteiger partial charge is 0.0720 e. The predicted octanol–water partition coefficient (Wildman–Crippen LogP) is 12.3. The molecule has 0 amide bonds. The first-order valence-electron chi connectivity index (χ1n) is 15.2. The van der Waals surface area contributed by atoms with Crippen molar-refractivity contribution in [3.63, 3.8) is 0 Å². The lowest BCUT2D eigenvalue weighted by Crippen LogP contribution is -2.33. The highest BCUT2D eigenvalue weighted by Crippen LogP contribution is 2.47. The van der Waals surface area contributed by atoms with Crippen LogP contribution in [-0.4, -0.2) is 5.04 Å². The number of thioether (sulfide) groups is 1. The molecule has 1 unspecified atom stereocenters. The average molecular weight is 516 g/mol. The largest absolute Gasteiger partial charge is 0.298 e. The van der Waals surface area contributed by atoms with Crippen molar-refractivity contribution >= 4 is 21.7 Å². The van der Waals surface area contributed by atoms with Gasteiger partial charge in [-0.25, -0.2) is 0 Å². The summed E-state index contributed by atoms with van der Waals surface area (Å²) in [7, 11) is 0. The lowest BCUT2D eigenvalue weighted by Gasteiger charge is -2.42. The summed E-state index contributed by atoms with van der Waals surface area (Å²) in [6, 6.07) is 6.96. The van der Waals surface area contributed by atoms with E-state index < -0.39 is 0 Å². The number of benzene rings is 1. The minimum Gasteiger partial charge on any atom is -0.298 e. The van der Waals surface area contributed by atoms with E-state index in [0.29, 0.717) is 5.92 Å². The molecule has 2 heteroatoms. The molecule has 0 heterocycles. The molecule has 1 aliphatic rings. The first kappa shape index (κ1) is 35.0. The number of hydrogen-bond acceptors (Lipinski definition) is 2. The van der Waals surface area contributed by atoms with E-state index in [1.165, 1.54) is 74.5 Å². The van der Waals surface area contributed by atoms with Gasteiger partial charge in [0.2, 0.25) is 0 Å². The monoisotopic (exact) mass is 515 g/mol. The Bertz CT molecular complexity index is 758. The van der Waals surface area contributed by atoms with E-state index in [4.69, 9.17) is 5.41 Å². The Kier molecular flexibility index (Phi) is 17.8. The zero-order valence-corrected chi connectivity index (χ0v) is 26.7. The van der Waals surface area contributed by atoms with E-state index in [0.717, 1.165) is 29.2 Å². The van der Waals surface area contributed by atoms with Crippen LogP contribution >= 0.6 is 11.8 Å². The Morgan fingerprint density at radius 1 is 0.806 bits per heavy atom. The average Bonchev–Trinajstić information content (AvgIpc) is 2.87. The number of nitrogens with one attached hydrogen (secondary N) is 1. The molecular weight excluding hydrogens is 454 g/mol. The number of unbranched alkanes of at least 4 members (excludes halogenated alkanes) is 6. The van der Waals surface area contributed by atoms with Gasteiger partial charge in [-0.2, -0.15) is 0 Å². The van der Waals surface area contributed by atoms with Crippen LogP contribution in [0.5, 0.6) is 0 Å². The quantitative estimate of drug-likeness (QED) is 0.158. The Morgan fingerprint density at radius 2 is 1.33 bits per heavy atom. The van der Waals surface area contributed by atoms with Gasteiger partial charge in [-0.05, 0) is 59.3 Å². The van der Waals surface area contributed by atoms with Gasteiger partial charge in [0.25, 0.3) is 0 Å². The van der Waals surface area contributed by atoms with E-state index in [-0.39, 0.29) is 10.8 Å². The molecule has 0 saturated carbocycles. The first-order chi connectivity index (χ1) is 17.1. The van der Waals surface area contributed by atoms with Crippen molar-refractivity contribution in [2.45, 2.75) is 157 Å². The summed E-state index contributed by atoms with van der Waals surface area (Å²) in [5.74, 6) is 0.394. The first-order valence-corrected chi connectivity index (χ1v) is 16.0. The lowest BCUT2D eigenvalue weighted by molar-refractivity contribution is 0.332. The molecule has 0 aromatic heterocycles. The molecule has 0 bridgehead atoms. The van der Waals surface area contributed by atoms with Crippen LogP contribution < -0.4 is 0 Å². The standard InChI is InChI=1S/C30H49NS.2C2H6/c1-8-10-11-12-13-14-15-17-24(16-9-2)28(31)32-23(3)25-18-19-26-27(22-25)30(6,7)21-20-29(26,4)5;2*1-2/h18-19,22,24,31H,3,8-17,20-21H2,1-2,4-7H3;2*1-2H3. The van der Waals surface area contributed by atoms with E-state index in [1.54, 1.807) is 11.8 Å². The molecule has 36 heavy (non-hydrogen) atoms. The van der Waals surface area contributed by atoms with Gasteiger partial charge >= 0.3 is 0 Å². The summed E-state index contributed by atoms with van der Waals surface area (Å²) in [6.45, 7) is 26.4. The van der Waals surface area contributed by atoms with Crippen molar-refractivity contribution in [2.75, 3.05) is 0 Å². The minimum absolute atomic E-state index is 0.210. The fourth-order valence-corrected chi connectivity index (χ4v) is 6.05. The summed E-state index contributed by atoms with van der Waals surface area (Å²) in [5.41, 5.74) is 4.63. The molecule has 1 aliphatic carbocycles. The Morgan fingerprint density at radius 3 is 1.89 bits per heavy atom. The van der Waals surface area contributed by atoms with E-state index >= 15 is 0 Å². The van der Waals surface area contributed by atoms with Crippen LogP contribution in [0.15, 0.2) is 24.8 Å². The molecular formula is C34H61NS. The molecule has 1 N–H and O–H groups in total. The van der Waals surface area contributed by atoms with E-state index in [9.17, 15) is 0 Å². The summed E-state index contributed by atoms with van der Waals surface area (Å²) in [6.07, 6.45) is 15.3. The molecule has 0 spiro atoms. The van der Waals surface area contributed by atoms with E-state index in [1.807, 2.05) is 27.7 Å². The second-order valence-corrected chi connectivity index (χ2v) is 12.4. The number of fused-ring (bicyclic) bond motifs is 1. The van der Waals surface area contributed by atoms with Gasteiger partial charge < -0.3 is 0 Å². The molecule has 1 nitrogen and oxygen atoms in total. The predicted molar refractivity (Wildman–Crippen MR) is 170 cm³/mol. The van der Waals surface area contributed by atoms with Crippen molar-refractivity contribution < 1.29 is 0 Å². The molecule has 1 aromatic rings. The Balaban J connectivity index is 0.00000291. The number of hydrogen-bond donors (Lipinski definition) is 1. The zero-order valence-electron chi connectivity index (χ0n) is 25.9. The minimum atomic E-state index is 0.210. The Hall–Kier alpha value is -1.02. The van der Waals surface area contributed by atoms with Crippen LogP contribution in [0.2, 0.25) is 0 Å². The molecule has 0 radical (unpaired) electrons. The van der Waals surface area contributed by atoms with E-state index in [2.05, 4.69) is 66.3 Å².